The average molecular weight is 632 g/mol. The Morgan fingerprint density at radius 1 is 0.977 bits per heavy atom. The third kappa shape index (κ3) is 7.80. The van der Waals surface area contributed by atoms with Gasteiger partial charge in [-0.15, -0.1) is 0 Å². The molecule has 1 saturated heterocycles. The van der Waals surface area contributed by atoms with Crippen LogP contribution in [0.1, 0.15) is 58.9 Å². The van der Waals surface area contributed by atoms with Crippen molar-refractivity contribution in [1.82, 2.24) is 23.7 Å². The first kappa shape index (κ1) is 33.5. The molecule has 12 nitrogen and oxygen atoms in total. The van der Waals surface area contributed by atoms with Gasteiger partial charge < -0.3 is 23.8 Å². The summed E-state index contributed by atoms with van der Waals surface area (Å²) < 4.78 is 47.0. The highest BCUT2D eigenvalue weighted by Crippen LogP contribution is 2.33. The zero-order valence-electron chi connectivity index (χ0n) is 26.3. The summed E-state index contributed by atoms with van der Waals surface area (Å²) in [7, 11) is -3.85. The number of H-pyrrole nitrogens is 1. The molecule has 0 atom stereocenters. The number of aryl methyl sites for hydroxylation is 2. The van der Waals surface area contributed by atoms with Crippen molar-refractivity contribution < 1.29 is 27.4 Å². The van der Waals surface area contributed by atoms with Crippen LogP contribution in [0.3, 0.4) is 0 Å². The summed E-state index contributed by atoms with van der Waals surface area (Å²) >= 11 is 0. The molecule has 44 heavy (non-hydrogen) atoms. The number of benzene rings is 1. The maximum Gasteiger partial charge on any atom is 0.508 e. The molecule has 0 aliphatic carbocycles. The number of sulfonamides is 1. The summed E-state index contributed by atoms with van der Waals surface area (Å²) in [6, 6.07) is 4.73. The van der Waals surface area contributed by atoms with Crippen LogP contribution in [-0.4, -0.2) is 90.9 Å². The maximum atomic E-state index is 13.8. The third-order valence-electron chi connectivity index (χ3n) is 7.64. The minimum atomic E-state index is -3.85. The van der Waals surface area contributed by atoms with Gasteiger partial charge in [0.1, 0.15) is 23.7 Å². The lowest BCUT2D eigenvalue weighted by Gasteiger charge is -2.33. The molecule has 242 valence electrons. The zero-order chi connectivity index (χ0) is 31.7. The average Bonchev–Trinajstić information content (AvgIpc) is 3.38. The fraction of sp³-hybridized carbons (Fsp3) is 0.581. The lowest BCUT2D eigenvalue weighted by Crippen LogP contribution is -2.49. The van der Waals surface area contributed by atoms with Gasteiger partial charge in [-0.05, 0) is 49.9 Å². The van der Waals surface area contributed by atoms with Gasteiger partial charge in [0.15, 0.2) is 0 Å². The van der Waals surface area contributed by atoms with E-state index in [0.717, 1.165) is 37.7 Å². The van der Waals surface area contributed by atoms with E-state index in [9.17, 15) is 18.0 Å². The van der Waals surface area contributed by atoms with E-state index < -0.39 is 16.2 Å². The molecule has 3 aromatic rings. The van der Waals surface area contributed by atoms with Crippen molar-refractivity contribution in [2.24, 2.45) is 0 Å². The molecule has 3 heterocycles. The largest absolute Gasteiger partial charge is 0.508 e. The van der Waals surface area contributed by atoms with Crippen LogP contribution in [0.2, 0.25) is 0 Å². The molecule has 1 aliphatic heterocycles. The van der Waals surface area contributed by atoms with Gasteiger partial charge in [0.2, 0.25) is 10.0 Å². The maximum absolute atomic E-state index is 13.8. The molecule has 13 heteroatoms. The minimum Gasteiger partial charge on any atom is -0.493 e. The first-order valence-corrected chi connectivity index (χ1v) is 17.1. The Hall–Kier alpha value is -3.42. The van der Waals surface area contributed by atoms with E-state index >= 15 is 0 Å². The standard InChI is InChI=1S/C31H45N5O7S/c1-5-9-19-42-31(38)43-20-17-34-13-15-36(16-14-34)44(39,40)24-11-12-26(41-18-7-3)25(21-24)29-32-27-23(10-6-2)22-35(8-4)28(27)30(37)33-29/h11-12,21-22H,5-10,13-20H2,1-4H3,(H,32,33,37). The van der Waals surface area contributed by atoms with Gasteiger partial charge in [-0.25, -0.2) is 18.2 Å². The molecule has 1 aliphatic rings. The molecule has 0 unspecified atom stereocenters. The fourth-order valence-corrected chi connectivity index (χ4v) is 6.68. The van der Waals surface area contributed by atoms with E-state index in [2.05, 4.69) is 16.8 Å². The normalized spacial score (nSPS) is 14.6. The van der Waals surface area contributed by atoms with Crippen LogP contribution in [0.4, 0.5) is 4.79 Å². The molecule has 4 rings (SSSR count). The van der Waals surface area contributed by atoms with Gasteiger partial charge in [0.25, 0.3) is 5.56 Å². The molecular formula is C31H45N5O7S. The fourth-order valence-electron chi connectivity index (χ4n) is 5.24. The van der Waals surface area contributed by atoms with E-state index in [1.165, 1.54) is 4.31 Å². The van der Waals surface area contributed by atoms with Crippen molar-refractivity contribution >= 4 is 27.2 Å². The summed E-state index contributed by atoms with van der Waals surface area (Å²) in [5, 5.41) is 0. The number of carbonyl (C=O) groups is 1. The second-order valence-electron chi connectivity index (χ2n) is 10.9. The van der Waals surface area contributed by atoms with E-state index in [4.69, 9.17) is 19.2 Å². The van der Waals surface area contributed by atoms with Crippen LogP contribution in [-0.2, 0) is 32.5 Å². The molecule has 1 N–H and O–H groups in total. The summed E-state index contributed by atoms with van der Waals surface area (Å²) in [6.45, 7) is 11.7. The highest BCUT2D eigenvalue weighted by molar-refractivity contribution is 7.89. The molecule has 0 spiro atoms. The van der Waals surface area contributed by atoms with Gasteiger partial charge >= 0.3 is 6.16 Å². The van der Waals surface area contributed by atoms with E-state index in [1.807, 2.05) is 31.5 Å². The molecule has 2 aromatic heterocycles. The summed E-state index contributed by atoms with van der Waals surface area (Å²) in [5.74, 6) is 0.730. The van der Waals surface area contributed by atoms with Crippen LogP contribution < -0.4 is 10.3 Å². The van der Waals surface area contributed by atoms with Crippen LogP contribution in [0, 0.1) is 0 Å². The topological polar surface area (TPSA) is 136 Å². The van der Waals surface area contributed by atoms with Crippen LogP contribution in [0.5, 0.6) is 5.75 Å². The van der Waals surface area contributed by atoms with Gasteiger partial charge in [-0.3, -0.25) is 9.69 Å². The number of ether oxygens (including phenoxy) is 3. The summed E-state index contributed by atoms with van der Waals surface area (Å²) in [4.78, 5) is 34.9. The summed E-state index contributed by atoms with van der Waals surface area (Å²) in [6.07, 6.45) is 5.45. The van der Waals surface area contributed by atoms with Crippen molar-refractivity contribution in [3.8, 4) is 17.1 Å². The number of piperazine rings is 1. The lowest BCUT2D eigenvalue weighted by molar-refractivity contribution is 0.0445. The monoisotopic (exact) mass is 631 g/mol. The molecule has 1 aromatic carbocycles. The van der Waals surface area contributed by atoms with Crippen molar-refractivity contribution in [2.75, 3.05) is 52.5 Å². The number of rotatable bonds is 15. The summed E-state index contributed by atoms with van der Waals surface area (Å²) in [5.41, 5.74) is 2.26. The highest BCUT2D eigenvalue weighted by atomic mass is 32.2. The number of carbonyl (C=O) groups excluding carboxylic acids is 1. The van der Waals surface area contributed by atoms with Crippen molar-refractivity contribution in [3.05, 3.63) is 40.3 Å². The van der Waals surface area contributed by atoms with Crippen LogP contribution >= 0.6 is 0 Å². The molecule has 0 bridgehead atoms. The van der Waals surface area contributed by atoms with Gasteiger partial charge in [-0.1, -0.05) is 33.6 Å². The molecule has 0 saturated carbocycles. The molecular weight excluding hydrogens is 586 g/mol. The second kappa shape index (κ2) is 15.5. The first-order chi connectivity index (χ1) is 21.2. The Morgan fingerprint density at radius 3 is 2.41 bits per heavy atom. The Labute approximate surface area is 259 Å². The predicted molar refractivity (Wildman–Crippen MR) is 169 cm³/mol. The lowest BCUT2D eigenvalue weighted by atomic mass is 10.1. The number of fused-ring (bicyclic) bond motifs is 1. The zero-order valence-corrected chi connectivity index (χ0v) is 27.1. The Balaban J connectivity index is 1.54. The molecule has 1 fully saturated rings. The van der Waals surface area contributed by atoms with Gasteiger partial charge in [0.05, 0.1) is 29.2 Å². The minimum absolute atomic E-state index is 0.102. The molecule has 0 amide bonds. The van der Waals surface area contributed by atoms with Crippen LogP contribution in [0.15, 0.2) is 34.1 Å². The highest BCUT2D eigenvalue weighted by Gasteiger charge is 2.30. The number of hydrogen-bond acceptors (Lipinski definition) is 9. The van der Waals surface area contributed by atoms with E-state index in [0.29, 0.717) is 74.8 Å². The number of aromatic amines is 1. The quantitative estimate of drug-likeness (QED) is 0.191. The number of hydrogen-bond donors (Lipinski definition) is 1. The van der Waals surface area contributed by atoms with Gasteiger partial charge in [0, 0.05) is 45.5 Å². The van der Waals surface area contributed by atoms with Crippen LogP contribution in [0.25, 0.3) is 22.4 Å². The van der Waals surface area contributed by atoms with Crippen molar-refractivity contribution in [2.45, 2.75) is 71.2 Å². The van der Waals surface area contributed by atoms with Crippen molar-refractivity contribution in [1.29, 1.82) is 0 Å². The van der Waals surface area contributed by atoms with E-state index in [-0.39, 0.29) is 22.9 Å². The number of aromatic nitrogens is 3. The number of nitrogens with one attached hydrogen (secondary N) is 1. The first-order valence-electron chi connectivity index (χ1n) is 15.6. The Morgan fingerprint density at radius 2 is 1.73 bits per heavy atom. The van der Waals surface area contributed by atoms with Gasteiger partial charge in [-0.2, -0.15) is 4.31 Å². The predicted octanol–water partition coefficient (Wildman–Crippen LogP) is 4.41. The number of unbranched alkanes of at least 4 members (excludes halogenated alkanes) is 1. The third-order valence-corrected chi connectivity index (χ3v) is 9.53. The van der Waals surface area contributed by atoms with Crippen molar-refractivity contribution in [3.63, 3.8) is 0 Å². The Kier molecular flexibility index (Phi) is 11.8. The smallest absolute Gasteiger partial charge is 0.493 e. The van der Waals surface area contributed by atoms with E-state index in [1.54, 1.807) is 18.2 Å². The number of nitrogens with zero attached hydrogens (tertiary/aromatic N) is 4. The Bertz CT molecular complexity index is 1580. The second-order valence-corrected chi connectivity index (χ2v) is 12.8. The molecule has 0 radical (unpaired) electrons. The SMILES string of the molecule is CCCCOC(=O)OCCN1CCN(S(=O)(=O)c2ccc(OCCC)c(-c3nc4c(CCC)cn(CC)c4c(=O)[nH]3)c2)CC1.